The summed E-state index contributed by atoms with van der Waals surface area (Å²) in [6, 6.07) is 12.3. The summed E-state index contributed by atoms with van der Waals surface area (Å²) in [4.78, 5) is 53.5. The van der Waals surface area contributed by atoms with Crippen molar-refractivity contribution in [3.63, 3.8) is 0 Å². The van der Waals surface area contributed by atoms with Crippen LogP contribution >= 0.6 is 11.6 Å². The number of imide groups is 1. The summed E-state index contributed by atoms with van der Waals surface area (Å²) in [5, 5.41) is 2.13. The lowest BCUT2D eigenvalue weighted by atomic mass is 9.81. The third-order valence-electron chi connectivity index (χ3n) is 6.43. The maximum atomic E-state index is 13.6. The van der Waals surface area contributed by atoms with E-state index in [0.717, 1.165) is 28.4 Å². The number of Topliss-reactive ketones (excluding diaryl/α,β-unsaturated/α-hetero) is 1. The van der Waals surface area contributed by atoms with Crippen LogP contribution in [0.4, 0.5) is 0 Å². The van der Waals surface area contributed by atoms with Crippen molar-refractivity contribution in [2.24, 2.45) is 11.8 Å². The monoisotopic (exact) mass is 452 g/mol. The Kier molecular flexibility index (Phi) is 6.15. The molecule has 3 atom stereocenters. The highest BCUT2D eigenvalue weighted by atomic mass is 35.5. The molecule has 7 heteroatoms. The van der Waals surface area contributed by atoms with E-state index < -0.39 is 35.6 Å². The van der Waals surface area contributed by atoms with Crippen molar-refractivity contribution in [3.05, 3.63) is 70.2 Å². The maximum Gasteiger partial charge on any atom is 0.275 e. The normalized spacial score (nSPS) is 21.3. The minimum Gasteiger partial charge on any atom is -0.292 e. The van der Waals surface area contributed by atoms with Gasteiger partial charge in [0, 0.05) is 5.56 Å². The standard InChI is InChI=1S/C25H25ClN2O4/c1-15-11-13-17(14-12-15)22(29)16(2)27(25(32)20-9-5-6-10-21(20)26)28-23(30)18-7-3-4-8-19(18)24(28)31/h5-6,9-14,16,18-19H,3-4,7-8H2,1-2H3/t16-,18-,19+/m0/s1. The summed E-state index contributed by atoms with van der Waals surface area (Å²) >= 11 is 6.26. The van der Waals surface area contributed by atoms with Crippen molar-refractivity contribution < 1.29 is 19.2 Å². The Balaban J connectivity index is 1.76. The van der Waals surface area contributed by atoms with Crippen molar-refractivity contribution in [1.82, 2.24) is 10.0 Å². The molecule has 3 amide bonds. The van der Waals surface area contributed by atoms with E-state index in [1.165, 1.54) is 6.07 Å². The van der Waals surface area contributed by atoms with Gasteiger partial charge in [0.1, 0.15) is 6.04 Å². The zero-order chi connectivity index (χ0) is 23.0. The number of benzene rings is 2. The zero-order valence-corrected chi connectivity index (χ0v) is 18.8. The van der Waals surface area contributed by atoms with E-state index in [0.29, 0.717) is 18.4 Å². The third-order valence-corrected chi connectivity index (χ3v) is 6.76. The number of aryl methyl sites for hydroxylation is 1. The quantitative estimate of drug-likeness (QED) is 0.496. The molecule has 32 heavy (non-hydrogen) atoms. The summed E-state index contributed by atoms with van der Waals surface area (Å²) in [5.41, 5.74) is 1.52. The van der Waals surface area contributed by atoms with E-state index in [4.69, 9.17) is 11.6 Å². The largest absolute Gasteiger partial charge is 0.292 e. The van der Waals surface area contributed by atoms with Crippen molar-refractivity contribution in [3.8, 4) is 0 Å². The van der Waals surface area contributed by atoms with E-state index in [2.05, 4.69) is 0 Å². The molecular weight excluding hydrogens is 428 g/mol. The molecule has 2 aromatic carbocycles. The molecule has 4 rings (SSSR count). The molecule has 0 radical (unpaired) electrons. The molecule has 0 N–H and O–H groups in total. The molecule has 2 aromatic rings. The summed E-state index contributed by atoms with van der Waals surface area (Å²) in [6.07, 6.45) is 2.95. The smallest absolute Gasteiger partial charge is 0.275 e. The van der Waals surface area contributed by atoms with Gasteiger partial charge in [-0.25, -0.2) is 5.01 Å². The molecule has 1 heterocycles. The van der Waals surface area contributed by atoms with Crippen LogP contribution in [0.15, 0.2) is 48.5 Å². The number of fused-ring (bicyclic) bond motifs is 1. The topological polar surface area (TPSA) is 74.8 Å². The van der Waals surface area contributed by atoms with E-state index in [-0.39, 0.29) is 16.4 Å². The Morgan fingerprint density at radius 1 is 0.969 bits per heavy atom. The van der Waals surface area contributed by atoms with Gasteiger partial charge in [0.05, 0.1) is 22.4 Å². The lowest BCUT2D eigenvalue weighted by Gasteiger charge is -2.35. The number of hydrogen-bond donors (Lipinski definition) is 0. The predicted octanol–water partition coefficient (Wildman–Crippen LogP) is 4.45. The van der Waals surface area contributed by atoms with Gasteiger partial charge < -0.3 is 0 Å². The lowest BCUT2D eigenvalue weighted by Crippen LogP contribution is -2.56. The highest BCUT2D eigenvalue weighted by Crippen LogP contribution is 2.39. The first-order chi connectivity index (χ1) is 15.3. The lowest BCUT2D eigenvalue weighted by molar-refractivity contribution is -0.156. The third kappa shape index (κ3) is 3.84. The van der Waals surface area contributed by atoms with E-state index in [9.17, 15) is 19.2 Å². The fraction of sp³-hybridized carbons (Fsp3) is 0.360. The first-order valence-corrected chi connectivity index (χ1v) is 11.3. The Morgan fingerprint density at radius 2 is 1.53 bits per heavy atom. The Bertz CT molecular complexity index is 1060. The van der Waals surface area contributed by atoms with Crippen LogP contribution in [-0.2, 0) is 9.59 Å². The summed E-state index contributed by atoms with van der Waals surface area (Å²) in [7, 11) is 0. The summed E-state index contributed by atoms with van der Waals surface area (Å²) < 4.78 is 0. The molecule has 0 aromatic heterocycles. The predicted molar refractivity (Wildman–Crippen MR) is 120 cm³/mol. The molecule has 0 unspecified atom stereocenters. The molecule has 6 nitrogen and oxygen atoms in total. The Hall–Kier alpha value is -2.99. The van der Waals surface area contributed by atoms with Crippen LogP contribution in [-0.4, -0.2) is 39.6 Å². The highest BCUT2D eigenvalue weighted by Gasteiger charge is 2.53. The van der Waals surface area contributed by atoms with Gasteiger partial charge in [-0.3, -0.25) is 19.2 Å². The first-order valence-electron chi connectivity index (χ1n) is 10.9. The minimum absolute atomic E-state index is 0.133. The van der Waals surface area contributed by atoms with Crippen LogP contribution in [0.2, 0.25) is 5.02 Å². The SMILES string of the molecule is Cc1ccc(C(=O)[C@H](C)N(C(=O)c2ccccc2Cl)N2C(=O)[C@H]3CCCC[C@H]3C2=O)cc1. The number of hydrogen-bond acceptors (Lipinski definition) is 4. The molecule has 2 aliphatic rings. The number of hydrazine groups is 1. The van der Waals surface area contributed by atoms with Crippen molar-refractivity contribution >= 4 is 35.1 Å². The number of rotatable bonds is 5. The number of halogens is 1. The fourth-order valence-electron chi connectivity index (χ4n) is 4.63. The van der Waals surface area contributed by atoms with Crippen molar-refractivity contribution in [2.75, 3.05) is 0 Å². The number of amides is 3. The molecular formula is C25H25ClN2O4. The van der Waals surface area contributed by atoms with Gasteiger partial charge in [0.2, 0.25) is 0 Å². The average molecular weight is 453 g/mol. The van der Waals surface area contributed by atoms with Gasteiger partial charge in [-0.15, -0.1) is 0 Å². The fourth-order valence-corrected chi connectivity index (χ4v) is 4.84. The van der Waals surface area contributed by atoms with Gasteiger partial charge in [-0.1, -0.05) is 66.4 Å². The number of carbonyl (C=O) groups is 4. The molecule has 1 aliphatic heterocycles. The van der Waals surface area contributed by atoms with Crippen LogP contribution in [0.1, 0.15) is 58.9 Å². The van der Waals surface area contributed by atoms with E-state index in [1.807, 2.05) is 6.92 Å². The van der Waals surface area contributed by atoms with Gasteiger partial charge >= 0.3 is 0 Å². The van der Waals surface area contributed by atoms with Gasteiger partial charge in [0.25, 0.3) is 17.7 Å². The Labute approximate surface area is 192 Å². The van der Waals surface area contributed by atoms with Crippen molar-refractivity contribution in [1.29, 1.82) is 0 Å². The number of nitrogens with zero attached hydrogens (tertiary/aromatic N) is 2. The van der Waals surface area contributed by atoms with Crippen LogP contribution < -0.4 is 0 Å². The van der Waals surface area contributed by atoms with Gasteiger partial charge in [0.15, 0.2) is 5.78 Å². The van der Waals surface area contributed by atoms with Crippen LogP contribution in [0.25, 0.3) is 0 Å². The van der Waals surface area contributed by atoms with Crippen molar-refractivity contribution in [2.45, 2.75) is 45.6 Å². The average Bonchev–Trinajstić information content (AvgIpc) is 3.05. The van der Waals surface area contributed by atoms with E-state index >= 15 is 0 Å². The summed E-state index contributed by atoms with van der Waals surface area (Å²) in [6.45, 7) is 3.45. The molecule has 1 saturated heterocycles. The van der Waals surface area contributed by atoms with Crippen LogP contribution in [0.3, 0.4) is 0 Å². The second kappa shape index (κ2) is 8.87. The van der Waals surface area contributed by atoms with Gasteiger partial charge in [-0.05, 0) is 38.8 Å². The molecule has 2 fully saturated rings. The van der Waals surface area contributed by atoms with Gasteiger partial charge in [-0.2, -0.15) is 5.01 Å². The molecule has 0 spiro atoms. The second-order valence-electron chi connectivity index (χ2n) is 8.52. The van der Waals surface area contributed by atoms with E-state index in [1.54, 1.807) is 49.4 Å². The first kappa shape index (κ1) is 22.2. The minimum atomic E-state index is -1.07. The summed E-state index contributed by atoms with van der Waals surface area (Å²) in [5.74, 6) is -2.73. The molecule has 166 valence electrons. The number of ketones is 1. The molecule has 0 bridgehead atoms. The maximum absolute atomic E-state index is 13.6. The zero-order valence-electron chi connectivity index (χ0n) is 18.1. The Morgan fingerprint density at radius 3 is 2.09 bits per heavy atom. The number of carbonyl (C=O) groups excluding carboxylic acids is 4. The highest BCUT2D eigenvalue weighted by molar-refractivity contribution is 6.34. The molecule has 1 aliphatic carbocycles. The molecule has 1 saturated carbocycles. The second-order valence-corrected chi connectivity index (χ2v) is 8.93. The van der Waals surface area contributed by atoms with Crippen LogP contribution in [0.5, 0.6) is 0 Å². The van der Waals surface area contributed by atoms with Crippen LogP contribution in [0, 0.1) is 18.8 Å².